The van der Waals surface area contributed by atoms with Gasteiger partial charge in [0, 0.05) is 12.7 Å². The zero-order chi connectivity index (χ0) is 14.4. The van der Waals surface area contributed by atoms with Gasteiger partial charge in [0.25, 0.3) is 0 Å². The third kappa shape index (κ3) is 4.20. The number of hydrogen-bond donors (Lipinski definition) is 1. The summed E-state index contributed by atoms with van der Waals surface area (Å²) in [5.41, 5.74) is 1.01. The molecule has 5 heteroatoms. The molecule has 0 aliphatic heterocycles. The second kappa shape index (κ2) is 7.24. The van der Waals surface area contributed by atoms with E-state index >= 15 is 0 Å². The predicted octanol–water partition coefficient (Wildman–Crippen LogP) is 4.38. The molecule has 2 rings (SSSR count). The van der Waals surface area contributed by atoms with E-state index in [9.17, 15) is 4.39 Å². The molecule has 0 aliphatic carbocycles. The molecule has 3 nitrogen and oxygen atoms in total. The number of pyridine rings is 1. The van der Waals surface area contributed by atoms with Crippen LogP contribution in [-0.2, 0) is 6.61 Å². The van der Waals surface area contributed by atoms with E-state index < -0.39 is 0 Å². The van der Waals surface area contributed by atoms with E-state index in [1.54, 1.807) is 12.3 Å². The number of hydrogen-bond acceptors (Lipinski definition) is 3. The number of benzene rings is 1. The van der Waals surface area contributed by atoms with Gasteiger partial charge in [0.05, 0.1) is 4.47 Å². The van der Waals surface area contributed by atoms with E-state index in [-0.39, 0.29) is 5.82 Å². The molecule has 0 saturated carbocycles. The van der Waals surface area contributed by atoms with Gasteiger partial charge in [-0.15, -0.1) is 0 Å². The standard InChI is InChI=1S/C15H16BrFN2O/c1-2-6-18-15-8-11(5-7-19-15)10-20-14-4-3-12(17)9-13(14)16/h3-5,7-9H,2,6,10H2,1H3,(H,18,19). The second-order valence-electron chi connectivity index (χ2n) is 4.34. The van der Waals surface area contributed by atoms with Gasteiger partial charge in [0.15, 0.2) is 0 Å². The van der Waals surface area contributed by atoms with Gasteiger partial charge < -0.3 is 10.1 Å². The van der Waals surface area contributed by atoms with Crippen LogP contribution in [0.25, 0.3) is 0 Å². The summed E-state index contributed by atoms with van der Waals surface area (Å²) in [7, 11) is 0. The minimum Gasteiger partial charge on any atom is -0.488 e. The Kier molecular flexibility index (Phi) is 5.35. The smallest absolute Gasteiger partial charge is 0.134 e. The monoisotopic (exact) mass is 338 g/mol. The number of ether oxygens (including phenoxy) is 1. The van der Waals surface area contributed by atoms with Crippen LogP contribution in [0.3, 0.4) is 0 Å². The maximum atomic E-state index is 13.0. The van der Waals surface area contributed by atoms with Crippen molar-refractivity contribution in [1.29, 1.82) is 0 Å². The van der Waals surface area contributed by atoms with E-state index in [2.05, 4.69) is 33.2 Å². The van der Waals surface area contributed by atoms with E-state index in [4.69, 9.17) is 4.74 Å². The molecule has 0 aliphatic rings. The summed E-state index contributed by atoms with van der Waals surface area (Å²) in [6.45, 7) is 3.40. The van der Waals surface area contributed by atoms with Crippen molar-refractivity contribution in [3.63, 3.8) is 0 Å². The lowest BCUT2D eigenvalue weighted by molar-refractivity contribution is 0.303. The van der Waals surface area contributed by atoms with Gasteiger partial charge in [0.1, 0.15) is 24.0 Å². The van der Waals surface area contributed by atoms with E-state index in [1.807, 2.05) is 12.1 Å². The van der Waals surface area contributed by atoms with Gasteiger partial charge in [-0.2, -0.15) is 0 Å². The fourth-order valence-corrected chi connectivity index (χ4v) is 2.13. The molecule has 20 heavy (non-hydrogen) atoms. The average Bonchev–Trinajstić information content (AvgIpc) is 2.45. The van der Waals surface area contributed by atoms with Crippen LogP contribution in [0.1, 0.15) is 18.9 Å². The molecule has 1 N–H and O–H groups in total. The Morgan fingerprint density at radius 3 is 2.90 bits per heavy atom. The number of rotatable bonds is 6. The third-order valence-electron chi connectivity index (χ3n) is 2.67. The van der Waals surface area contributed by atoms with Crippen molar-refractivity contribution < 1.29 is 9.13 Å². The first-order chi connectivity index (χ1) is 9.69. The Morgan fingerprint density at radius 1 is 1.30 bits per heavy atom. The molecule has 0 bridgehead atoms. The highest BCUT2D eigenvalue weighted by atomic mass is 79.9. The van der Waals surface area contributed by atoms with Crippen molar-refractivity contribution in [3.05, 3.63) is 52.4 Å². The van der Waals surface area contributed by atoms with Crippen LogP contribution in [0.5, 0.6) is 5.75 Å². The van der Waals surface area contributed by atoms with Crippen molar-refractivity contribution >= 4 is 21.7 Å². The van der Waals surface area contributed by atoms with Crippen LogP contribution in [0.2, 0.25) is 0 Å². The molecule has 1 heterocycles. The molecule has 1 aromatic heterocycles. The number of aromatic nitrogens is 1. The molecule has 0 fully saturated rings. The molecule has 0 amide bonds. The number of anilines is 1. The summed E-state index contributed by atoms with van der Waals surface area (Å²) in [6.07, 6.45) is 2.79. The van der Waals surface area contributed by atoms with Crippen LogP contribution in [0, 0.1) is 5.82 Å². The highest BCUT2D eigenvalue weighted by molar-refractivity contribution is 9.10. The normalized spacial score (nSPS) is 10.3. The molecular formula is C15H16BrFN2O. The Hall–Kier alpha value is -1.62. The first-order valence-electron chi connectivity index (χ1n) is 6.45. The van der Waals surface area contributed by atoms with Crippen LogP contribution in [0.15, 0.2) is 41.0 Å². The lowest BCUT2D eigenvalue weighted by Gasteiger charge is -2.09. The van der Waals surface area contributed by atoms with Gasteiger partial charge in [-0.3, -0.25) is 0 Å². The van der Waals surface area contributed by atoms with Crippen molar-refractivity contribution in [3.8, 4) is 5.75 Å². The van der Waals surface area contributed by atoms with Gasteiger partial charge >= 0.3 is 0 Å². The molecule has 0 atom stereocenters. The van der Waals surface area contributed by atoms with Crippen LogP contribution >= 0.6 is 15.9 Å². The first kappa shape index (κ1) is 14.8. The van der Waals surface area contributed by atoms with Gasteiger partial charge in [-0.05, 0) is 58.2 Å². The van der Waals surface area contributed by atoms with E-state index in [1.165, 1.54) is 12.1 Å². The zero-order valence-corrected chi connectivity index (χ0v) is 12.8. The minimum absolute atomic E-state index is 0.292. The van der Waals surface area contributed by atoms with E-state index in [0.29, 0.717) is 16.8 Å². The number of halogens is 2. The first-order valence-corrected chi connectivity index (χ1v) is 7.25. The zero-order valence-electron chi connectivity index (χ0n) is 11.2. The fraction of sp³-hybridized carbons (Fsp3) is 0.267. The molecule has 0 unspecified atom stereocenters. The van der Waals surface area contributed by atoms with Crippen LogP contribution < -0.4 is 10.1 Å². The predicted molar refractivity (Wildman–Crippen MR) is 81.4 cm³/mol. The summed E-state index contributed by atoms with van der Waals surface area (Å²) in [5.74, 6) is 1.16. The topological polar surface area (TPSA) is 34.1 Å². The van der Waals surface area contributed by atoms with Gasteiger partial charge in [0.2, 0.25) is 0 Å². The van der Waals surface area contributed by atoms with Gasteiger partial charge in [-0.25, -0.2) is 9.37 Å². The Balaban J connectivity index is 1.99. The SMILES string of the molecule is CCCNc1cc(COc2ccc(F)cc2Br)ccn1. The molecule has 0 saturated heterocycles. The largest absolute Gasteiger partial charge is 0.488 e. The van der Waals surface area contributed by atoms with Crippen molar-refractivity contribution in [2.45, 2.75) is 20.0 Å². The molecule has 1 aromatic carbocycles. The Morgan fingerprint density at radius 2 is 2.15 bits per heavy atom. The van der Waals surface area contributed by atoms with Crippen molar-refractivity contribution in [2.24, 2.45) is 0 Å². The Labute approximate surface area is 126 Å². The highest BCUT2D eigenvalue weighted by Gasteiger charge is 2.04. The van der Waals surface area contributed by atoms with Gasteiger partial charge in [-0.1, -0.05) is 6.92 Å². The average molecular weight is 339 g/mol. The summed E-state index contributed by atoms with van der Waals surface area (Å²) in [5, 5.41) is 3.23. The Bertz CT molecular complexity index is 578. The molecular weight excluding hydrogens is 323 g/mol. The summed E-state index contributed by atoms with van der Waals surface area (Å²) >= 11 is 3.28. The van der Waals surface area contributed by atoms with Crippen molar-refractivity contribution in [1.82, 2.24) is 4.98 Å². The fourth-order valence-electron chi connectivity index (χ4n) is 1.67. The lowest BCUT2D eigenvalue weighted by atomic mass is 10.2. The summed E-state index contributed by atoms with van der Waals surface area (Å²) in [4.78, 5) is 4.24. The quantitative estimate of drug-likeness (QED) is 0.848. The molecule has 106 valence electrons. The summed E-state index contributed by atoms with van der Waals surface area (Å²) < 4.78 is 19.3. The van der Waals surface area contributed by atoms with Crippen LogP contribution in [-0.4, -0.2) is 11.5 Å². The van der Waals surface area contributed by atoms with E-state index in [0.717, 1.165) is 24.3 Å². The number of nitrogens with zero attached hydrogens (tertiary/aromatic N) is 1. The van der Waals surface area contributed by atoms with Crippen LogP contribution in [0.4, 0.5) is 10.2 Å². The molecule has 0 spiro atoms. The molecule has 0 radical (unpaired) electrons. The maximum absolute atomic E-state index is 13.0. The third-order valence-corrected chi connectivity index (χ3v) is 3.29. The lowest BCUT2D eigenvalue weighted by Crippen LogP contribution is -2.03. The minimum atomic E-state index is -0.292. The maximum Gasteiger partial charge on any atom is 0.134 e. The van der Waals surface area contributed by atoms with Crippen molar-refractivity contribution in [2.75, 3.05) is 11.9 Å². The summed E-state index contributed by atoms with van der Waals surface area (Å²) in [6, 6.07) is 8.22. The molecule has 2 aromatic rings. The number of nitrogens with one attached hydrogen (secondary N) is 1. The second-order valence-corrected chi connectivity index (χ2v) is 5.19. The highest BCUT2D eigenvalue weighted by Crippen LogP contribution is 2.26.